The van der Waals surface area contributed by atoms with Crippen LogP contribution in [0.25, 0.3) is 0 Å². The molecule has 0 radical (unpaired) electrons. The summed E-state index contributed by atoms with van der Waals surface area (Å²) < 4.78 is 0. The third kappa shape index (κ3) is 2.26. The minimum Gasteiger partial charge on any atom is -0.373 e. The number of aryl methyl sites for hydroxylation is 1. The Bertz CT molecular complexity index is 364. The van der Waals surface area contributed by atoms with Crippen LogP contribution in [0.15, 0.2) is 6.07 Å². The van der Waals surface area contributed by atoms with Crippen LogP contribution in [0.5, 0.6) is 0 Å². The smallest absolute Gasteiger partial charge is 0.134 e. The molecule has 0 unspecified atom stereocenters. The van der Waals surface area contributed by atoms with Gasteiger partial charge in [0.2, 0.25) is 0 Å². The minimum absolute atomic E-state index is 0.591. The van der Waals surface area contributed by atoms with Crippen molar-refractivity contribution in [3.63, 3.8) is 0 Å². The van der Waals surface area contributed by atoms with Crippen LogP contribution in [0.4, 0.5) is 11.6 Å². The van der Waals surface area contributed by atoms with E-state index in [0.29, 0.717) is 6.04 Å². The molecule has 1 aliphatic rings. The number of piperidine rings is 1. The zero-order valence-electron chi connectivity index (χ0n) is 10.3. The Kier molecular flexibility index (Phi) is 3.27. The number of nitrogens with zero attached hydrogens (tertiary/aromatic N) is 3. The van der Waals surface area contributed by atoms with Crippen molar-refractivity contribution in [2.24, 2.45) is 0 Å². The SMILES string of the molecule is CNc1cc(N2CCCC[C@@H]2C)nc(C)n1. The fourth-order valence-electron chi connectivity index (χ4n) is 2.27. The summed E-state index contributed by atoms with van der Waals surface area (Å²) in [6.07, 6.45) is 3.86. The standard InChI is InChI=1S/C12H20N4/c1-9-6-4-5-7-16(9)12-8-11(13-3)14-10(2)15-12/h8-9H,4-7H2,1-3H3,(H,13,14,15)/t9-/m0/s1. The van der Waals surface area contributed by atoms with E-state index in [1.807, 2.05) is 20.0 Å². The molecular formula is C12H20N4. The van der Waals surface area contributed by atoms with E-state index in [2.05, 4.69) is 27.1 Å². The lowest BCUT2D eigenvalue weighted by molar-refractivity contribution is 0.480. The number of hydrogen-bond acceptors (Lipinski definition) is 4. The predicted molar refractivity (Wildman–Crippen MR) is 67.0 cm³/mol. The second-order valence-corrected chi connectivity index (χ2v) is 4.45. The maximum absolute atomic E-state index is 4.53. The van der Waals surface area contributed by atoms with E-state index in [0.717, 1.165) is 24.0 Å². The molecule has 1 N–H and O–H groups in total. The predicted octanol–water partition coefficient (Wildman–Crippen LogP) is 2.21. The van der Waals surface area contributed by atoms with Gasteiger partial charge in [-0.25, -0.2) is 9.97 Å². The highest BCUT2D eigenvalue weighted by Crippen LogP contribution is 2.24. The van der Waals surface area contributed by atoms with E-state index in [1.54, 1.807) is 0 Å². The van der Waals surface area contributed by atoms with Crippen molar-refractivity contribution in [3.05, 3.63) is 11.9 Å². The van der Waals surface area contributed by atoms with Gasteiger partial charge in [-0.1, -0.05) is 0 Å². The second-order valence-electron chi connectivity index (χ2n) is 4.45. The summed E-state index contributed by atoms with van der Waals surface area (Å²) in [7, 11) is 1.89. The lowest BCUT2D eigenvalue weighted by Gasteiger charge is -2.34. The first kappa shape index (κ1) is 11.2. The van der Waals surface area contributed by atoms with Gasteiger partial charge in [-0.3, -0.25) is 0 Å². The Morgan fingerprint density at radius 2 is 2.19 bits per heavy atom. The van der Waals surface area contributed by atoms with Gasteiger partial charge in [0.15, 0.2) is 0 Å². The average Bonchev–Trinajstić information content (AvgIpc) is 2.28. The highest BCUT2D eigenvalue weighted by Gasteiger charge is 2.20. The third-order valence-electron chi connectivity index (χ3n) is 3.18. The Morgan fingerprint density at radius 1 is 1.38 bits per heavy atom. The molecule has 1 aromatic heterocycles. The van der Waals surface area contributed by atoms with Crippen LogP contribution in [0.1, 0.15) is 32.0 Å². The molecule has 4 heteroatoms. The monoisotopic (exact) mass is 220 g/mol. The second kappa shape index (κ2) is 4.68. The highest BCUT2D eigenvalue weighted by molar-refractivity contribution is 5.49. The molecule has 0 amide bonds. The molecule has 0 saturated carbocycles. The molecular weight excluding hydrogens is 200 g/mol. The summed E-state index contributed by atoms with van der Waals surface area (Å²) in [5, 5.41) is 3.08. The van der Waals surface area contributed by atoms with E-state index in [1.165, 1.54) is 19.3 Å². The van der Waals surface area contributed by atoms with Crippen LogP contribution in [0, 0.1) is 6.92 Å². The van der Waals surface area contributed by atoms with Crippen LogP contribution >= 0.6 is 0 Å². The highest BCUT2D eigenvalue weighted by atomic mass is 15.2. The van der Waals surface area contributed by atoms with Gasteiger partial charge in [0.05, 0.1) is 0 Å². The van der Waals surface area contributed by atoms with Gasteiger partial charge in [-0.05, 0) is 33.1 Å². The molecule has 2 heterocycles. The van der Waals surface area contributed by atoms with Crippen LogP contribution in [0.2, 0.25) is 0 Å². The average molecular weight is 220 g/mol. The Hall–Kier alpha value is -1.32. The van der Waals surface area contributed by atoms with Crippen molar-refractivity contribution in [3.8, 4) is 0 Å². The molecule has 0 bridgehead atoms. The normalized spacial score (nSPS) is 20.9. The molecule has 1 saturated heterocycles. The molecule has 2 rings (SSSR count). The Labute approximate surface area is 97.1 Å². The van der Waals surface area contributed by atoms with Crippen LogP contribution < -0.4 is 10.2 Å². The first-order chi connectivity index (χ1) is 7.70. The summed E-state index contributed by atoms with van der Waals surface area (Å²) >= 11 is 0. The fourth-order valence-corrected chi connectivity index (χ4v) is 2.27. The van der Waals surface area contributed by atoms with Gasteiger partial charge in [0.25, 0.3) is 0 Å². The molecule has 88 valence electrons. The summed E-state index contributed by atoms with van der Waals surface area (Å²) in [4.78, 5) is 11.2. The Balaban J connectivity index is 2.27. The van der Waals surface area contributed by atoms with Gasteiger partial charge in [0, 0.05) is 25.7 Å². The first-order valence-corrected chi connectivity index (χ1v) is 6.01. The van der Waals surface area contributed by atoms with Gasteiger partial charge < -0.3 is 10.2 Å². The molecule has 16 heavy (non-hydrogen) atoms. The molecule has 0 aromatic carbocycles. The molecule has 1 aromatic rings. The van der Waals surface area contributed by atoms with Gasteiger partial charge >= 0.3 is 0 Å². The van der Waals surface area contributed by atoms with E-state index < -0.39 is 0 Å². The molecule has 4 nitrogen and oxygen atoms in total. The van der Waals surface area contributed by atoms with Crippen molar-refractivity contribution in [1.82, 2.24) is 9.97 Å². The van der Waals surface area contributed by atoms with Crippen molar-refractivity contribution < 1.29 is 0 Å². The lowest BCUT2D eigenvalue weighted by atomic mass is 10.0. The van der Waals surface area contributed by atoms with E-state index >= 15 is 0 Å². The lowest BCUT2D eigenvalue weighted by Crippen LogP contribution is -2.38. The maximum atomic E-state index is 4.53. The summed E-state index contributed by atoms with van der Waals surface area (Å²) in [6.45, 7) is 5.33. The number of hydrogen-bond donors (Lipinski definition) is 1. The zero-order chi connectivity index (χ0) is 11.5. The maximum Gasteiger partial charge on any atom is 0.134 e. The number of anilines is 2. The molecule has 1 fully saturated rings. The topological polar surface area (TPSA) is 41.0 Å². The Morgan fingerprint density at radius 3 is 2.88 bits per heavy atom. The molecule has 1 aliphatic heterocycles. The largest absolute Gasteiger partial charge is 0.373 e. The molecule has 1 atom stereocenters. The number of rotatable bonds is 2. The molecule has 0 spiro atoms. The quantitative estimate of drug-likeness (QED) is 0.829. The summed E-state index contributed by atoms with van der Waals surface area (Å²) in [6, 6.07) is 2.63. The van der Waals surface area contributed by atoms with Crippen LogP contribution in [-0.4, -0.2) is 29.6 Å². The summed E-state index contributed by atoms with van der Waals surface area (Å²) in [5.41, 5.74) is 0. The van der Waals surface area contributed by atoms with Crippen LogP contribution in [-0.2, 0) is 0 Å². The van der Waals surface area contributed by atoms with Gasteiger partial charge in [0.1, 0.15) is 17.5 Å². The van der Waals surface area contributed by atoms with E-state index in [9.17, 15) is 0 Å². The van der Waals surface area contributed by atoms with Crippen LogP contribution in [0.3, 0.4) is 0 Å². The first-order valence-electron chi connectivity index (χ1n) is 6.01. The third-order valence-corrected chi connectivity index (χ3v) is 3.18. The van der Waals surface area contributed by atoms with Crippen molar-refractivity contribution >= 4 is 11.6 Å². The van der Waals surface area contributed by atoms with Crippen molar-refractivity contribution in [2.45, 2.75) is 39.2 Å². The van der Waals surface area contributed by atoms with E-state index in [-0.39, 0.29) is 0 Å². The number of aromatic nitrogens is 2. The zero-order valence-corrected chi connectivity index (χ0v) is 10.3. The fraction of sp³-hybridized carbons (Fsp3) is 0.667. The van der Waals surface area contributed by atoms with E-state index in [4.69, 9.17) is 0 Å². The minimum atomic E-state index is 0.591. The molecule has 0 aliphatic carbocycles. The summed E-state index contributed by atoms with van der Waals surface area (Å²) in [5.74, 6) is 2.80. The van der Waals surface area contributed by atoms with Gasteiger partial charge in [-0.15, -0.1) is 0 Å². The van der Waals surface area contributed by atoms with Gasteiger partial charge in [-0.2, -0.15) is 0 Å². The number of nitrogens with one attached hydrogen (secondary N) is 1. The van der Waals surface area contributed by atoms with Crippen molar-refractivity contribution in [1.29, 1.82) is 0 Å². The van der Waals surface area contributed by atoms with Crippen molar-refractivity contribution in [2.75, 3.05) is 23.8 Å².